The molecule has 0 radical (unpaired) electrons. The van der Waals surface area contributed by atoms with Crippen LogP contribution >= 0.6 is 0 Å². The largest absolute Gasteiger partial charge is 0.395 e. The maximum atomic E-state index is 12.7. The van der Waals surface area contributed by atoms with Gasteiger partial charge in [0.1, 0.15) is 11.6 Å². The topological polar surface area (TPSA) is 157 Å². The Bertz CT molecular complexity index is 1560. The number of nitrogens with one attached hydrogen (secondary N) is 2. The quantitative estimate of drug-likeness (QED) is 0.283. The Morgan fingerprint density at radius 2 is 2.03 bits per heavy atom. The maximum absolute atomic E-state index is 12.7. The van der Waals surface area contributed by atoms with Gasteiger partial charge in [-0.1, -0.05) is 6.92 Å². The molecule has 5 rings (SSSR count). The lowest BCUT2D eigenvalue weighted by Crippen LogP contribution is -2.26. The Morgan fingerprint density at radius 1 is 1.22 bits per heavy atom. The molecule has 1 saturated carbocycles. The van der Waals surface area contributed by atoms with Crippen LogP contribution in [0.15, 0.2) is 43.1 Å². The first kappa shape index (κ1) is 24.8. The first-order valence-electron chi connectivity index (χ1n) is 12.1. The monoisotopic (exact) mass is 524 g/mol. The predicted octanol–water partition coefficient (Wildman–Crippen LogP) is 2.47. The lowest BCUT2D eigenvalue weighted by Gasteiger charge is -2.13. The number of hydrogen-bond donors (Lipinski definition) is 3. The lowest BCUT2D eigenvalue weighted by molar-refractivity contribution is 0.0946. The van der Waals surface area contributed by atoms with E-state index in [9.17, 15) is 13.2 Å². The highest BCUT2D eigenvalue weighted by atomic mass is 32.2. The van der Waals surface area contributed by atoms with Crippen LogP contribution in [0, 0.1) is 0 Å². The van der Waals surface area contributed by atoms with E-state index < -0.39 is 10.0 Å². The van der Waals surface area contributed by atoms with E-state index >= 15 is 0 Å². The van der Waals surface area contributed by atoms with Crippen molar-refractivity contribution in [1.29, 1.82) is 0 Å². The molecular formula is C24H28N8O4S. The molecule has 4 heterocycles. The van der Waals surface area contributed by atoms with Gasteiger partial charge in [-0.3, -0.25) is 4.79 Å². The first-order valence-corrected chi connectivity index (χ1v) is 13.6. The van der Waals surface area contributed by atoms with Gasteiger partial charge in [0.2, 0.25) is 0 Å². The van der Waals surface area contributed by atoms with Crippen molar-refractivity contribution < 1.29 is 18.3 Å². The van der Waals surface area contributed by atoms with Gasteiger partial charge in [0, 0.05) is 42.6 Å². The van der Waals surface area contributed by atoms with Crippen LogP contribution in [-0.4, -0.2) is 66.5 Å². The third-order valence-corrected chi connectivity index (χ3v) is 8.40. The number of amides is 1. The van der Waals surface area contributed by atoms with E-state index in [2.05, 4.69) is 44.5 Å². The van der Waals surface area contributed by atoms with Crippen LogP contribution in [0.3, 0.4) is 0 Å². The van der Waals surface area contributed by atoms with Crippen LogP contribution in [0.5, 0.6) is 0 Å². The summed E-state index contributed by atoms with van der Waals surface area (Å²) in [7, 11) is -3.47. The number of aromatic nitrogens is 6. The molecule has 4 aromatic rings. The normalized spacial score (nSPS) is 14.6. The van der Waals surface area contributed by atoms with Crippen LogP contribution in [0.4, 0.5) is 11.6 Å². The molecule has 0 spiro atoms. The lowest BCUT2D eigenvalue weighted by atomic mass is 10.2. The minimum atomic E-state index is -3.47. The molecule has 1 atom stereocenters. The number of carbonyl (C=O) groups excluding carboxylic acids is 1. The summed E-state index contributed by atoms with van der Waals surface area (Å²) in [6.07, 6.45) is 10.1. The summed E-state index contributed by atoms with van der Waals surface area (Å²) in [5.74, 6) is 1.05. The van der Waals surface area contributed by atoms with Gasteiger partial charge in [-0.05, 0) is 32.3 Å². The van der Waals surface area contributed by atoms with E-state index in [4.69, 9.17) is 5.11 Å². The van der Waals surface area contributed by atoms with Gasteiger partial charge in [-0.25, -0.2) is 23.4 Å². The second-order valence-electron chi connectivity index (χ2n) is 9.01. The van der Waals surface area contributed by atoms with Crippen molar-refractivity contribution in [2.75, 3.05) is 18.5 Å². The number of anilines is 2. The Hall–Kier alpha value is -3.84. The molecule has 12 nitrogen and oxygen atoms in total. The van der Waals surface area contributed by atoms with E-state index in [1.165, 1.54) is 12.4 Å². The van der Waals surface area contributed by atoms with Gasteiger partial charge >= 0.3 is 0 Å². The zero-order chi connectivity index (χ0) is 26.2. The molecule has 0 aromatic carbocycles. The fourth-order valence-corrected chi connectivity index (χ4v) is 5.47. The van der Waals surface area contributed by atoms with Crippen molar-refractivity contribution in [3.8, 4) is 11.4 Å². The van der Waals surface area contributed by atoms with Crippen LogP contribution in [0.2, 0.25) is 0 Å². The summed E-state index contributed by atoms with van der Waals surface area (Å²) >= 11 is 0. The van der Waals surface area contributed by atoms with Crippen molar-refractivity contribution in [3.63, 3.8) is 0 Å². The van der Waals surface area contributed by atoms with Crippen molar-refractivity contribution in [3.05, 3.63) is 48.7 Å². The molecule has 4 aromatic heterocycles. The third-order valence-electron chi connectivity index (χ3n) is 6.36. The summed E-state index contributed by atoms with van der Waals surface area (Å²) in [6.45, 7) is 4.18. The maximum Gasteiger partial charge on any atom is 0.256 e. The molecule has 194 valence electrons. The Morgan fingerprint density at radius 3 is 2.76 bits per heavy atom. The molecule has 1 aliphatic carbocycles. The molecule has 37 heavy (non-hydrogen) atoms. The summed E-state index contributed by atoms with van der Waals surface area (Å²) < 4.78 is 27.9. The predicted molar refractivity (Wildman–Crippen MR) is 138 cm³/mol. The first-order chi connectivity index (χ1) is 17.8. The Balaban J connectivity index is 1.43. The van der Waals surface area contributed by atoms with Gasteiger partial charge in [0.15, 0.2) is 5.82 Å². The second-order valence-corrected chi connectivity index (χ2v) is 11.1. The van der Waals surface area contributed by atoms with Crippen molar-refractivity contribution >= 4 is 38.5 Å². The summed E-state index contributed by atoms with van der Waals surface area (Å²) in [5.41, 5.74) is 1.81. The van der Waals surface area contributed by atoms with E-state index in [0.717, 1.165) is 16.0 Å². The number of fused-ring (bicyclic) bond motifs is 1. The van der Waals surface area contributed by atoms with E-state index in [-0.39, 0.29) is 30.4 Å². The molecule has 1 amide bonds. The molecule has 13 heteroatoms. The summed E-state index contributed by atoms with van der Waals surface area (Å²) in [6, 6.07) is 3.68. The number of rotatable bonds is 10. The second kappa shape index (κ2) is 9.90. The number of carbonyl (C=O) groups is 1. The molecule has 3 N–H and O–H groups in total. The molecule has 1 aliphatic rings. The summed E-state index contributed by atoms with van der Waals surface area (Å²) in [4.78, 5) is 25.9. The highest BCUT2D eigenvalue weighted by Gasteiger charge is 2.37. The van der Waals surface area contributed by atoms with E-state index in [1.54, 1.807) is 18.5 Å². The zero-order valence-electron chi connectivity index (χ0n) is 20.5. The van der Waals surface area contributed by atoms with Crippen molar-refractivity contribution in [2.24, 2.45) is 0 Å². The van der Waals surface area contributed by atoms with Crippen LogP contribution in [-0.2, 0) is 10.0 Å². The van der Waals surface area contributed by atoms with Crippen LogP contribution in [0.25, 0.3) is 22.3 Å². The minimum absolute atomic E-state index is 0.139. The van der Waals surface area contributed by atoms with Crippen molar-refractivity contribution in [1.82, 2.24) is 34.0 Å². The highest BCUT2D eigenvalue weighted by molar-refractivity contribution is 7.90. The molecular weight excluding hydrogens is 496 g/mol. The standard InChI is InChI=1S/C24H28N8O4S/c1-3-15(2)31-14-19(24(34)26-8-9-33)18-12-27-22(10-20(18)31)29-21-6-7-25-23(30-21)16-11-28-32(13-16)37(35,36)17-4-5-17/h6-7,10-15,17,33H,3-5,8-9H2,1-2H3,(H,26,34)(H,25,27,29,30). The molecule has 1 unspecified atom stereocenters. The number of nitrogens with zero attached hydrogens (tertiary/aromatic N) is 6. The SMILES string of the molecule is CCC(C)n1cc(C(=O)NCCO)c2cnc(Nc3ccnc(-c4cnn(S(=O)(=O)C5CC5)c4)n3)cc21. The number of hydrogen-bond acceptors (Lipinski definition) is 9. The number of aliphatic hydroxyl groups excluding tert-OH is 1. The van der Waals surface area contributed by atoms with Gasteiger partial charge in [0.25, 0.3) is 15.9 Å². The fourth-order valence-electron chi connectivity index (χ4n) is 4.00. The van der Waals surface area contributed by atoms with Gasteiger partial charge < -0.3 is 20.3 Å². The van der Waals surface area contributed by atoms with E-state index in [1.807, 2.05) is 16.8 Å². The minimum Gasteiger partial charge on any atom is -0.395 e. The van der Waals surface area contributed by atoms with Gasteiger partial charge in [-0.2, -0.15) is 9.19 Å². The smallest absolute Gasteiger partial charge is 0.256 e. The molecule has 0 bridgehead atoms. The Kier molecular flexibility index (Phi) is 6.65. The highest BCUT2D eigenvalue weighted by Crippen LogP contribution is 2.31. The van der Waals surface area contributed by atoms with Crippen molar-refractivity contribution in [2.45, 2.75) is 44.4 Å². The third kappa shape index (κ3) is 4.91. The van der Waals surface area contributed by atoms with Crippen LogP contribution < -0.4 is 10.6 Å². The average Bonchev–Trinajstić information content (AvgIpc) is 3.53. The summed E-state index contributed by atoms with van der Waals surface area (Å²) in [5, 5.41) is 19.3. The molecule has 0 saturated heterocycles. The Labute approximate surface area is 213 Å². The van der Waals surface area contributed by atoms with Gasteiger partial charge in [0.05, 0.1) is 40.9 Å². The number of aliphatic hydroxyl groups is 1. The molecule has 1 fully saturated rings. The molecule has 0 aliphatic heterocycles. The van der Waals surface area contributed by atoms with E-state index in [0.29, 0.717) is 46.8 Å². The number of pyridine rings is 1. The zero-order valence-corrected chi connectivity index (χ0v) is 21.3. The average molecular weight is 525 g/mol. The van der Waals surface area contributed by atoms with Crippen LogP contribution in [0.1, 0.15) is 49.5 Å². The van der Waals surface area contributed by atoms with Gasteiger partial charge in [-0.15, -0.1) is 0 Å². The fraction of sp³-hybridized carbons (Fsp3) is 0.375.